The van der Waals surface area contributed by atoms with Gasteiger partial charge >= 0.3 is 0 Å². The van der Waals surface area contributed by atoms with Crippen LogP contribution in [-0.4, -0.2) is 32.3 Å². The Hall–Kier alpha value is -4.91. The average Bonchev–Trinajstić information content (AvgIpc) is 2.94. The molecule has 6 rings (SSSR count). The van der Waals surface area contributed by atoms with Crippen LogP contribution in [0.4, 0.5) is 11.6 Å². The fraction of sp³-hybridized carbons (Fsp3) is 0.0690. The number of rotatable bonds is 6. The SMILES string of the molecule is COc1cnc2c(Cc3ccc(Nc4nnc(-c5ccccc5)c5ccccc45)nc3)ccnc2c1. The molecule has 0 aliphatic heterocycles. The minimum absolute atomic E-state index is 0.670. The van der Waals surface area contributed by atoms with E-state index in [0.29, 0.717) is 23.8 Å². The summed E-state index contributed by atoms with van der Waals surface area (Å²) >= 11 is 0. The second-order valence-electron chi connectivity index (χ2n) is 8.38. The van der Waals surface area contributed by atoms with E-state index >= 15 is 0 Å². The van der Waals surface area contributed by atoms with Crippen molar-refractivity contribution < 1.29 is 4.74 Å². The lowest BCUT2D eigenvalue weighted by Gasteiger charge is -2.11. The first-order valence-electron chi connectivity index (χ1n) is 11.6. The smallest absolute Gasteiger partial charge is 0.162 e. The summed E-state index contributed by atoms with van der Waals surface area (Å²) < 4.78 is 5.27. The van der Waals surface area contributed by atoms with E-state index in [0.717, 1.165) is 44.2 Å². The molecule has 4 aromatic heterocycles. The van der Waals surface area contributed by atoms with Crippen LogP contribution in [0.25, 0.3) is 33.1 Å². The minimum Gasteiger partial charge on any atom is -0.495 e. The maximum Gasteiger partial charge on any atom is 0.162 e. The van der Waals surface area contributed by atoms with Crippen LogP contribution in [0.3, 0.4) is 0 Å². The number of nitrogens with one attached hydrogen (secondary N) is 1. The Morgan fingerprint density at radius 3 is 2.42 bits per heavy atom. The summed E-state index contributed by atoms with van der Waals surface area (Å²) in [7, 11) is 1.62. The van der Waals surface area contributed by atoms with Crippen LogP contribution in [0, 0.1) is 0 Å². The maximum atomic E-state index is 5.27. The largest absolute Gasteiger partial charge is 0.495 e. The number of hydrogen-bond donors (Lipinski definition) is 1. The van der Waals surface area contributed by atoms with E-state index in [1.54, 1.807) is 19.5 Å². The summed E-state index contributed by atoms with van der Waals surface area (Å²) in [5, 5.41) is 14.4. The number of pyridine rings is 3. The highest BCUT2D eigenvalue weighted by Crippen LogP contribution is 2.30. The van der Waals surface area contributed by atoms with E-state index in [4.69, 9.17) is 4.74 Å². The van der Waals surface area contributed by atoms with Crippen molar-refractivity contribution in [2.75, 3.05) is 12.4 Å². The van der Waals surface area contributed by atoms with Crippen LogP contribution in [0.1, 0.15) is 11.1 Å². The van der Waals surface area contributed by atoms with Crippen LogP contribution >= 0.6 is 0 Å². The molecule has 0 saturated heterocycles. The van der Waals surface area contributed by atoms with Gasteiger partial charge in [-0.15, -0.1) is 10.2 Å². The van der Waals surface area contributed by atoms with Crippen molar-refractivity contribution in [2.45, 2.75) is 6.42 Å². The van der Waals surface area contributed by atoms with Crippen molar-refractivity contribution in [3.8, 4) is 17.0 Å². The summed E-state index contributed by atoms with van der Waals surface area (Å²) in [4.78, 5) is 13.6. The molecule has 0 radical (unpaired) electrons. The number of anilines is 2. The molecule has 0 bridgehead atoms. The first-order valence-corrected chi connectivity index (χ1v) is 11.6. The highest BCUT2D eigenvalue weighted by Gasteiger charge is 2.12. The summed E-state index contributed by atoms with van der Waals surface area (Å²) in [6.45, 7) is 0. The summed E-state index contributed by atoms with van der Waals surface area (Å²) in [6.07, 6.45) is 6.07. The average molecular weight is 471 g/mol. The number of nitrogens with zero attached hydrogens (tertiary/aromatic N) is 5. The van der Waals surface area contributed by atoms with E-state index in [2.05, 4.69) is 42.6 Å². The second-order valence-corrected chi connectivity index (χ2v) is 8.38. The molecule has 174 valence electrons. The number of aromatic nitrogens is 5. The standard InChI is InChI=1S/C29H22N6O/c1-36-22-16-25-28(32-18-22)21(13-14-30-25)15-19-11-12-26(31-17-19)33-29-24-10-6-5-9-23(24)27(34-35-29)20-7-3-2-4-8-20/h2-14,16-18H,15H2,1H3,(H,31,33,35). The molecule has 0 aliphatic carbocycles. The Bertz CT molecular complexity index is 1670. The highest BCUT2D eigenvalue weighted by atomic mass is 16.5. The van der Waals surface area contributed by atoms with Crippen molar-refractivity contribution in [1.29, 1.82) is 0 Å². The lowest BCUT2D eigenvalue weighted by molar-refractivity contribution is 0.413. The molecule has 0 fully saturated rings. The van der Waals surface area contributed by atoms with Crippen molar-refractivity contribution in [3.63, 3.8) is 0 Å². The number of fused-ring (bicyclic) bond motifs is 2. The van der Waals surface area contributed by atoms with E-state index < -0.39 is 0 Å². The fourth-order valence-electron chi connectivity index (χ4n) is 4.27. The fourth-order valence-corrected chi connectivity index (χ4v) is 4.27. The van der Waals surface area contributed by atoms with Crippen LogP contribution in [0.15, 0.2) is 97.5 Å². The number of ether oxygens (including phenoxy) is 1. The van der Waals surface area contributed by atoms with Gasteiger partial charge in [-0.3, -0.25) is 9.97 Å². The molecule has 0 aliphatic rings. The number of hydrogen-bond acceptors (Lipinski definition) is 7. The predicted octanol–water partition coefficient (Wildman–Crippen LogP) is 5.98. The Kier molecular flexibility index (Phi) is 5.63. The van der Waals surface area contributed by atoms with Gasteiger partial charge in [-0.05, 0) is 23.3 Å². The quantitative estimate of drug-likeness (QED) is 0.321. The van der Waals surface area contributed by atoms with E-state index in [1.165, 1.54) is 0 Å². The molecule has 6 aromatic rings. The zero-order valence-corrected chi connectivity index (χ0v) is 19.6. The van der Waals surface area contributed by atoms with E-state index in [1.807, 2.05) is 72.9 Å². The lowest BCUT2D eigenvalue weighted by Crippen LogP contribution is -2.01. The van der Waals surface area contributed by atoms with Gasteiger partial charge in [0.1, 0.15) is 17.3 Å². The molecule has 0 unspecified atom stereocenters. The van der Waals surface area contributed by atoms with Gasteiger partial charge in [0.05, 0.1) is 24.3 Å². The van der Waals surface area contributed by atoms with Crippen LogP contribution in [-0.2, 0) is 6.42 Å². The van der Waals surface area contributed by atoms with Crippen molar-refractivity contribution in [2.24, 2.45) is 0 Å². The third-order valence-corrected chi connectivity index (χ3v) is 6.07. The van der Waals surface area contributed by atoms with Gasteiger partial charge in [-0.1, -0.05) is 60.7 Å². The van der Waals surface area contributed by atoms with Crippen molar-refractivity contribution in [1.82, 2.24) is 25.1 Å². The Labute approximate surface area is 207 Å². The molecular formula is C29H22N6O. The first kappa shape index (κ1) is 21.6. The molecule has 0 saturated carbocycles. The minimum atomic E-state index is 0.670. The molecular weight excluding hydrogens is 448 g/mol. The van der Waals surface area contributed by atoms with E-state index in [9.17, 15) is 0 Å². The normalized spacial score (nSPS) is 11.0. The zero-order chi connectivity index (χ0) is 24.3. The predicted molar refractivity (Wildman–Crippen MR) is 141 cm³/mol. The summed E-state index contributed by atoms with van der Waals surface area (Å²) in [6, 6.07) is 26.1. The zero-order valence-electron chi connectivity index (χ0n) is 19.6. The van der Waals surface area contributed by atoms with Crippen molar-refractivity contribution in [3.05, 3.63) is 109 Å². The van der Waals surface area contributed by atoms with Crippen LogP contribution in [0.2, 0.25) is 0 Å². The molecule has 0 amide bonds. The summed E-state index contributed by atoms with van der Waals surface area (Å²) in [5.41, 5.74) is 5.71. The molecule has 2 aromatic carbocycles. The monoisotopic (exact) mass is 470 g/mol. The first-order chi connectivity index (χ1) is 17.8. The van der Waals surface area contributed by atoms with Gasteiger partial charge in [0, 0.05) is 41.2 Å². The van der Waals surface area contributed by atoms with Gasteiger partial charge in [-0.25, -0.2) is 4.98 Å². The molecule has 36 heavy (non-hydrogen) atoms. The number of benzene rings is 2. The molecule has 0 spiro atoms. The topological polar surface area (TPSA) is 85.7 Å². The molecule has 7 heteroatoms. The number of methoxy groups -OCH3 is 1. The lowest BCUT2D eigenvalue weighted by atomic mass is 10.0. The van der Waals surface area contributed by atoms with Crippen molar-refractivity contribution >= 4 is 33.4 Å². The maximum absolute atomic E-state index is 5.27. The van der Waals surface area contributed by atoms with Crippen LogP contribution < -0.4 is 10.1 Å². The van der Waals surface area contributed by atoms with Gasteiger partial charge in [0.25, 0.3) is 0 Å². The Morgan fingerprint density at radius 2 is 1.61 bits per heavy atom. The Balaban J connectivity index is 1.26. The third-order valence-electron chi connectivity index (χ3n) is 6.07. The van der Waals surface area contributed by atoms with E-state index in [-0.39, 0.29) is 0 Å². The molecule has 4 heterocycles. The molecule has 7 nitrogen and oxygen atoms in total. The second kappa shape index (κ2) is 9.38. The van der Waals surface area contributed by atoms with Gasteiger partial charge in [0.15, 0.2) is 5.82 Å². The van der Waals surface area contributed by atoms with Crippen LogP contribution in [0.5, 0.6) is 5.75 Å². The van der Waals surface area contributed by atoms with Gasteiger partial charge < -0.3 is 10.1 Å². The van der Waals surface area contributed by atoms with Gasteiger partial charge in [-0.2, -0.15) is 0 Å². The highest BCUT2D eigenvalue weighted by molar-refractivity contribution is 6.00. The summed E-state index contributed by atoms with van der Waals surface area (Å²) in [5.74, 6) is 2.06. The third kappa shape index (κ3) is 4.18. The Morgan fingerprint density at radius 1 is 0.778 bits per heavy atom. The van der Waals surface area contributed by atoms with Gasteiger partial charge in [0.2, 0.25) is 0 Å². The molecule has 1 N–H and O–H groups in total. The molecule has 0 atom stereocenters.